The molecule has 22 heavy (non-hydrogen) atoms. The molecule has 2 rings (SSSR count). The molecule has 0 spiro atoms. The molecule has 0 aromatic heterocycles. The van der Waals surface area contributed by atoms with Crippen molar-refractivity contribution < 1.29 is 18.0 Å². The van der Waals surface area contributed by atoms with Crippen molar-refractivity contribution in [3.05, 3.63) is 35.9 Å². The molecule has 120 valence electrons. The van der Waals surface area contributed by atoms with Crippen LogP contribution in [0.2, 0.25) is 0 Å². The summed E-state index contributed by atoms with van der Waals surface area (Å²) in [5.41, 5.74) is 0.916. The molecule has 0 radical (unpaired) electrons. The van der Waals surface area contributed by atoms with E-state index in [-0.39, 0.29) is 23.8 Å². The summed E-state index contributed by atoms with van der Waals surface area (Å²) in [6.45, 7) is 2.03. The van der Waals surface area contributed by atoms with Crippen LogP contribution >= 0.6 is 0 Å². The van der Waals surface area contributed by atoms with Gasteiger partial charge in [0.2, 0.25) is 12.3 Å². The van der Waals surface area contributed by atoms with Crippen molar-refractivity contribution in [1.82, 2.24) is 10.2 Å². The zero-order valence-corrected chi connectivity index (χ0v) is 13.3. The Hall–Kier alpha value is -1.89. The van der Waals surface area contributed by atoms with E-state index in [1.165, 1.54) is 4.90 Å². The van der Waals surface area contributed by atoms with Gasteiger partial charge in [-0.3, -0.25) is 9.59 Å². The van der Waals surface area contributed by atoms with Crippen molar-refractivity contribution in [3.63, 3.8) is 0 Å². The van der Waals surface area contributed by atoms with Gasteiger partial charge >= 0.3 is 0 Å². The first-order valence-electron chi connectivity index (χ1n) is 7.20. The average molecular weight is 324 g/mol. The SMILES string of the molecule is CCC(=O)N[C@H]1CS(=O)(=O)C[C@@H]1N(C=O)Cc1ccccc1. The lowest BCUT2D eigenvalue weighted by Gasteiger charge is -2.29. The number of benzene rings is 1. The van der Waals surface area contributed by atoms with Gasteiger partial charge in [-0.1, -0.05) is 37.3 Å². The van der Waals surface area contributed by atoms with E-state index in [0.717, 1.165) is 5.56 Å². The summed E-state index contributed by atoms with van der Waals surface area (Å²) in [5.74, 6) is -0.451. The molecule has 0 aliphatic carbocycles. The molecule has 0 saturated carbocycles. The summed E-state index contributed by atoms with van der Waals surface area (Å²) in [5, 5.41) is 2.72. The molecule has 1 saturated heterocycles. The van der Waals surface area contributed by atoms with Crippen molar-refractivity contribution in [1.29, 1.82) is 0 Å². The Morgan fingerprint density at radius 1 is 1.32 bits per heavy atom. The quantitative estimate of drug-likeness (QED) is 0.765. The van der Waals surface area contributed by atoms with E-state index in [4.69, 9.17) is 0 Å². The minimum atomic E-state index is -3.26. The monoisotopic (exact) mass is 324 g/mol. The fourth-order valence-electron chi connectivity index (χ4n) is 2.63. The minimum absolute atomic E-state index is 0.118. The third kappa shape index (κ3) is 4.07. The normalized spacial score (nSPS) is 23.0. The van der Waals surface area contributed by atoms with Gasteiger partial charge in [0, 0.05) is 13.0 Å². The van der Waals surface area contributed by atoms with Gasteiger partial charge in [0.25, 0.3) is 0 Å². The molecule has 0 bridgehead atoms. The maximum atomic E-state index is 11.9. The van der Waals surface area contributed by atoms with E-state index in [2.05, 4.69) is 5.32 Å². The van der Waals surface area contributed by atoms with Crippen molar-refractivity contribution in [2.24, 2.45) is 0 Å². The minimum Gasteiger partial charge on any atom is -0.350 e. The predicted molar refractivity (Wildman–Crippen MR) is 82.7 cm³/mol. The number of nitrogens with one attached hydrogen (secondary N) is 1. The van der Waals surface area contributed by atoms with E-state index in [1.54, 1.807) is 6.92 Å². The third-order valence-corrected chi connectivity index (χ3v) is 5.48. The highest BCUT2D eigenvalue weighted by Crippen LogP contribution is 2.20. The third-order valence-electron chi connectivity index (χ3n) is 3.76. The van der Waals surface area contributed by atoms with Gasteiger partial charge in [-0.05, 0) is 5.56 Å². The Balaban J connectivity index is 2.17. The first-order chi connectivity index (χ1) is 10.4. The summed E-state index contributed by atoms with van der Waals surface area (Å²) in [6, 6.07) is 8.27. The van der Waals surface area contributed by atoms with E-state index in [1.807, 2.05) is 30.3 Å². The number of carbonyl (C=O) groups excluding carboxylic acids is 2. The van der Waals surface area contributed by atoms with E-state index in [9.17, 15) is 18.0 Å². The Morgan fingerprint density at radius 3 is 2.59 bits per heavy atom. The first kappa shape index (κ1) is 16.5. The lowest BCUT2D eigenvalue weighted by Crippen LogP contribution is -2.50. The van der Waals surface area contributed by atoms with Crippen LogP contribution in [0.5, 0.6) is 0 Å². The van der Waals surface area contributed by atoms with Crippen LogP contribution < -0.4 is 5.32 Å². The Bertz CT molecular complexity index is 630. The zero-order valence-electron chi connectivity index (χ0n) is 12.4. The number of hydrogen-bond acceptors (Lipinski definition) is 4. The lowest BCUT2D eigenvalue weighted by molar-refractivity contribution is -0.124. The number of carbonyl (C=O) groups is 2. The molecule has 1 aromatic carbocycles. The van der Waals surface area contributed by atoms with Crippen molar-refractivity contribution >= 4 is 22.2 Å². The Labute approximate surface area is 130 Å². The van der Waals surface area contributed by atoms with Crippen molar-refractivity contribution in [3.8, 4) is 0 Å². The maximum absolute atomic E-state index is 11.9. The van der Waals surface area contributed by atoms with Gasteiger partial charge in [-0.15, -0.1) is 0 Å². The number of hydrogen-bond donors (Lipinski definition) is 1. The van der Waals surface area contributed by atoms with Gasteiger partial charge in [-0.25, -0.2) is 8.42 Å². The topological polar surface area (TPSA) is 83.6 Å². The molecule has 1 fully saturated rings. The largest absolute Gasteiger partial charge is 0.350 e. The van der Waals surface area contributed by atoms with Crippen LogP contribution in [0.1, 0.15) is 18.9 Å². The zero-order chi connectivity index (χ0) is 16.2. The van der Waals surface area contributed by atoms with Gasteiger partial charge in [0.1, 0.15) is 0 Å². The van der Waals surface area contributed by atoms with Crippen LogP contribution in [0, 0.1) is 0 Å². The second kappa shape index (κ2) is 6.91. The van der Waals surface area contributed by atoms with Crippen LogP contribution in [-0.2, 0) is 26.0 Å². The Kier molecular flexibility index (Phi) is 5.18. The fraction of sp³-hybridized carbons (Fsp3) is 0.467. The number of amides is 2. The molecule has 7 heteroatoms. The summed E-state index contributed by atoms with van der Waals surface area (Å²) < 4.78 is 23.8. The highest BCUT2D eigenvalue weighted by atomic mass is 32.2. The van der Waals surface area contributed by atoms with Crippen LogP contribution in [0.25, 0.3) is 0 Å². The molecular weight excluding hydrogens is 304 g/mol. The predicted octanol–water partition coefficient (Wildman–Crippen LogP) is 0.337. The number of sulfone groups is 1. The van der Waals surface area contributed by atoms with Gasteiger partial charge < -0.3 is 10.2 Å². The highest BCUT2D eigenvalue weighted by molar-refractivity contribution is 7.91. The Morgan fingerprint density at radius 2 is 2.00 bits per heavy atom. The van der Waals surface area contributed by atoms with Crippen LogP contribution in [0.15, 0.2) is 30.3 Å². The second-order valence-corrected chi connectivity index (χ2v) is 7.59. The molecule has 1 aromatic rings. The molecule has 2 atom stereocenters. The van der Waals surface area contributed by atoms with Gasteiger partial charge in [-0.2, -0.15) is 0 Å². The number of nitrogens with zero attached hydrogens (tertiary/aromatic N) is 1. The molecule has 2 amide bonds. The summed E-state index contributed by atoms with van der Waals surface area (Å²) in [4.78, 5) is 24.5. The summed E-state index contributed by atoms with van der Waals surface area (Å²) >= 11 is 0. The van der Waals surface area contributed by atoms with Crippen LogP contribution in [0.4, 0.5) is 0 Å². The van der Waals surface area contributed by atoms with Crippen LogP contribution in [0.3, 0.4) is 0 Å². The lowest BCUT2D eigenvalue weighted by atomic mass is 10.1. The highest BCUT2D eigenvalue weighted by Gasteiger charge is 2.41. The van der Waals surface area contributed by atoms with E-state index in [0.29, 0.717) is 13.0 Å². The molecule has 1 N–H and O–H groups in total. The smallest absolute Gasteiger partial charge is 0.220 e. The van der Waals surface area contributed by atoms with Gasteiger partial charge in [0.05, 0.1) is 23.6 Å². The van der Waals surface area contributed by atoms with E-state index < -0.39 is 21.9 Å². The van der Waals surface area contributed by atoms with E-state index >= 15 is 0 Å². The standard InChI is InChI=1S/C15H20N2O4S/c1-2-15(19)16-13-9-22(20,21)10-14(13)17(11-18)8-12-6-4-3-5-7-12/h3-7,11,13-14H,2,8-10H2,1H3,(H,16,19)/t13-,14-/m0/s1. The maximum Gasteiger partial charge on any atom is 0.220 e. The van der Waals surface area contributed by atoms with Crippen molar-refractivity contribution in [2.75, 3.05) is 11.5 Å². The fourth-order valence-corrected chi connectivity index (χ4v) is 4.56. The molecule has 1 heterocycles. The first-order valence-corrected chi connectivity index (χ1v) is 9.02. The van der Waals surface area contributed by atoms with Gasteiger partial charge in [0.15, 0.2) is 9.84 Å². The molecular formula is C15H20N2O4S. The molecule has 6 nitrogen and oxygen atoms in total. The summed E-state index contributed by atoms with van der Waals surface area (Å²) in [7, 11) is -3.26. The van der Waals surface area contributed by atoms with Crippen LogP contribution in [-0.4, -0.2) is 49.2 Å². The molecule has 0 unspecified atom stereocenters. The molecule has 1 aliphatic heterocycles. The second-order valence-electron chi connectivity index (χ2n) is 5.44. The number of rotatable bonds is 6. The molecule has 1 aliphatic rings. The summed E-state index contributed by atoms with van der Waals surface area (Å²) in [6.07, 6.45) is 0.937. The average Bonchev–Trinajstić information content (AvgIpc) is 2.80. The van der Waals surface area contributed by atoms with Crippen molar-refractivity contribution in [2.45, 2.75) is 32.0 Å².